The number of ether oxygens (including phenoxy) is 2. The molecule has 2 aromatic carbocycles. The van der Waals surface area contributed by atoms with E-state index in [9.17, 15) is 4.79 Å². The number of hydrogen-bond acceptors (Lipinski definition) is 5. The topological polar surface area (TPSA) is 51.1 Å². The predicted octanol–water partition coefficient (Wildman–Crippen LogP) is 5.24. The van der Waals surface area contributed by atoms with Crippen molar-refractivity contribution < 1.29 is 14.3 Å². The standard InChI is InChI=1S/C21H21ClN2O3S/c1-4-26-17-11-6-14(12-18(17)27-5-2)13-19-20(25)23-21(28-19)24(3)16-9-7-15(22)8-10-16/h6-13H,4-5H2,1-3H3/b19-13-. The van der Waals surface area contributed by atoms with Crippen LogP contribution in [0.2, 0.25) is 5.02 Å². The van der Waals surface area contributed by atoms with Gasteiger partial charge in [-0.3, -0.25) is 4.79 Å². The monoisotopic (exact) mass is 416 g/mol. The molecule has 5 nitrogen and oxygen atoms in total. The summed E-state index contributed by atoms with van der Waals surface area (Å²) in [5.41, 5.74) is 1.76. The Morgan fingerprint density at radius 2 is 1.75 bits per heavy atom. The summed E-state index contributed by atoms with van der Waals surface area (Å²) in [5.74, 6) is 1.09. The fourth-order valence-electron chi connectivity index (χ4n) is 2.63. The molecule has 0 aliphatic carbocycles. The van der Waals surface area contributed by atoms with Crippen LogP contribution in [0.3, 0.4) is 0 Å². The second-order valence-electron chi connectivity index (χ2n) is 5.92. The van der Waals surface area contributed by atoms with Gasteiger partial charge >= 0.3 is 0 Å². The lowest BCUT2D eigenvalue weighted by Crippen LogP contribution is -2.21. The molecule has 1 aliphatic heterocycles. The summed E-state index contributed by atoms with van der Waals surface area (Å²) in [6.07, 6.45) is 1.82. The molecule has 1 aliphatic rings. The molecule has 3 rings (SSSR count). The van der Waals surface area contributed by atoms with Gasteiger partial charge in [0.1, 0.15) is 0 Å². The molecule has 146 valence electrons. The molecule has 0 fully saturated rings. The minimum Gasteiger partial charge on any atom is -0.490 e. The number of aliphatic imine (C=N–C) groups is 1. The summed E-state index contributed by atoms with van der Waals surface area (Å²) < 4.78 is 11.2. The van der Waals surface area contributed by atoms with Crippen LogP contribution < -0.4 is 14.4 Å². The van der Waals surface area contributed by atoms with Crippen molar-refractivity contribution in [2.45, 2.75) is 13.8 Å². The number of amidine groups is 1. The van der Waals surface area contributed by atoms with Gasteiger partial charge in [-0.15, -0.1) is 0 Å². The first kappa shape index (κ1) is 20.3. The van der Waals surface area contributed by atoms with Crippen molar-refractivity contribution in [3.05, 3.63) is 58.0 Å². The van der Waals surface area contributed by atoms with Crippen molar-refractivity contribution in [2.75, 3.05) is 25.2 Å². The fraction of sp³-hybridized carbons (Fsp3) is 0.238. The molecule has 0 radical (unpaired) electrons. The Labute approximate surface area is 174 Å². The molecule has 28 heavy (non-hydrogen) atoms. The minimum atomic E-state index is -0.257. The van der Waals surface area contributed by atoms with E-state index in [0.29, 0.717) is 39.8 Å². The van der Waals surface area contributed by atoms with Gasteiger partial charge in [-0.1, -0.05) is 17.7 Å². The number of rotatable bonds is 6. The Morgan fingerprint density at radius 3 is 2.43 bits per heavy atom. The molecule has 0 N–H and O–H groups in total. The summed E-state index contributed by atoms with van der Waals surface area (Å²) in [5, 5.41) is 1.28. The van der Waals surface area contributed by atoms with Crippen molar-refractivity contribution in [1.82, 2.24) is 0 Å². The molecule has 0 saturated carbocycles. The quantitative estimate of drug-likeness (QED) is 0.602. The van der Waals surface area contributed by atoms with Gasteiger partial charge in [-0.25, -0.2) is 0 Å². The zero-order valence-electron chi connectivity index (χ0n) is 15.9. The lowest BCUT2D eigenvalue weighted by molar-refractivity contribution is -0.113. The third-order valence-electron chi connectivity index (χ3n) is 3.98. The lowest BCUT2D eigenvalue weighted by atomic mass is 10.2. The van der Waals surface area contributed by atoms with Crippen molar-refractivity contribution in [3.63, 3.8) is 0 Å². The van der Waals surface area contributed by atoms with E-state index in [4.69, 9.17) is 21.1 Å². The Hall–Kier alpha value is -2.44. The van der Waals surface area contributed by atoms with Crippen LogP contribution in [0.4, 0.5) is 5.69 Å². The molecule has 0 spiro atoms. The van der Waals surface area contributed by atoms with E-state index in [0.717, 1.165) is 11.3 Å². The van der Waals surface area contributed by atoms with Gasteiger partial charge in [0, 0.05) is 17.8 Å². The number of halogens is 1. The van der Waals surface area contributed by atoms with Crippen molar-refractivity contribution >= 4 is 46.2 Å². The first-order valence-corrected chi connectivity index (χ1v) is 10.1. The van der Waals surface area contributed by atoms with Gasteiger partial charge in [0.25, 0.3) is 5.91 Å². The maximum atomic E-state index is 12.4. The number of benzene rings is 2. The van der Waals surface area contributed by atoms with Gasteiger partial charge < -0.3 is 14.4 Å². The highest BCUT2D eigenvalue weighted by atomic mass is 35.5. The zero-order valence-corrected chi connectivity index (χ0v) is 17.5. The zero-order chi connectivity index (χ0) is 20.1. The van der Waals surface area contributed by atoms with Gasteiger partial charge in [0.05, 0.1) is 18.1 Å². The number of carbonyl (C=O) groups is 1. The smallest absolute Gasteiger partial charge is 0.286 e. The van der Waals surface area contributed by atoms with E-state index in [2.05, 4.69) is 4.99 Å². The van der Waals surface area contributed by atoms with Crippen LogP contribution in [0.1, 0.15) is 19.4 Å². The van der Waals surface area contributed by atoms with Crippen molar-refractivity contribution in [1.29, 1.82) is 0 Å². The Morgan fingerprint density at radius 1 is 1.07 bits per heavy atom. The largest absolute Gasteiger partial charge is 0.490 e. The number of nitrogens with zero attached hydrogens (tertiary/aromatic N) is 2. The lowest BCUT2D eigenvalue weighted by Gasteiger charge is -2.17. The van der Waals surface area contributed by atoms with Gasteiger partial charge in [0.2, 0.25) is 0 Å². The summed E-state index contributed by atoms with van der Waals surface area (Å²) in [4.78, 5) is 19.0. The van der Waals surface area contributed by atoms with Crippen molar-refractivity contribution in [3.8, 4) is 11.5 Å². The molecule has 0 bridgehead atoms. The average Bonchev–Trinajstić information content (AvgIpc) is 3.05. The maximum absolute atomic E-state index is 12.4. The Balaban J connectivity index is 1.80. The van der Waals surface area contributed by atoms with Gasteiger partial charge in [-0.05, 0) is 73.6 Å². The van der Waals surface area contributed by atoms with E-state index in [1.807, 2.05) is 62.2 Å². The molecule has 2 aromatic rings. The van der Waals surface area contributed by atoms with E-state index in [-0.39, 0.29) is 5.91 Å². The molecule has 0 atom stereocenters. The molecule has 1 amide bonds. The van der Waals surface area contributed by atoms with E-state index in [1.54, 1.807) is 12.1 Å². The molecule has 0 aromatic heterocycles. The first-order chi connectivity index (χ1) is 13.5. The van der Waals surface area contributed by atoms with Crippen LogP contribution in [-0.2, 0) is 4.79 Å². The summed E-state index contributed by atoms with van der Waals surface area (Å²) >= 11 is 7.28. The maximum Gasteiger partial charge on any atom is 0.286 e. The van der Waals surface area contributed by atoms with E-state index >= 15 is 0 Å². The van der Waals surface area contributed by atoms with Crippen LogP contribution in [0.15, 0.2) is 52.4 Å². The van der Waals surface area contributed by atoms with Crippen LogP contribution in [0, 0.1) is 0 Å². The number of carbonyl (C=O) groups excluding carboxylic acids is 1. The van der Waals surface area contributed by atoms with E-state index < -0.39 is 0 Å². The Bertz CT molecular complexity index is 926. The first-order valence-electron chi connectivity index (χ1n) is 8.93. The van der Waals surface area contributed by atoms with E-state index in [1.165, 1.54) is 11.8 Å². The highest BCUT2D eigenvalue weighted by molar-refractivity contribution is 8.18. The van der Waals surface area contributed by atoms with Gasteiger partial charge in [-0.2, -0.15) is 4.99 Å². The van der Waals surface area contributed by atoms with Crippen LogP contribution in [-0.4, -0.2) is 31.3 Å². The number of amides is 1. The number of thioether (sulfide) groups is 1. The fourth-order valence-corrected chi connectivity index (χ4v) is 3.65. The van der Waals surface area contributed by atoms with Crippen LogP contribution in [0.25, 0.3) is 6.08 Å². The molecule has 7 heteroatoms. The second-order valence-corrected chi connectivity index (χ2v) is 7.36. The molecule has 0 unspecified atom stereocenters. The Kier molecular flexibility index (Phi) is 6.65. The normalized spacial score (nSPS) is 14.9. The summed E-state index contributed by atoms with van der Waals surface area (Å²) in [7, 11) is 1.87. The summed E-state index contributed by atoms with van der Waals surface area (Å²) in [6.45, 7) is 4.94. The predicted molar refractivity (Wildman–Crippen MR) is 117 cm³/mol. The third kappa shape index (κ3) is 4.69. The van der Waals surface area contributed by atoms with Crippen molar-refractivity contribution in [2.24, 2.45) is 4.99 Å². The highest BCUT2D eigenvalue weighted by Crippen LogP contribution is 2.34. The summed E-state index contributed by atoms with van der Waals surface area (Å²) in [6, 6.07) is 13.0. The highest BCUT2D eigenvalue weighted by Gasteiger charge is 2.25. The van der Waals surface area contributed by atoms with Gasteiger partial charge in [0.15, 0.2) is 16.7 Å². The third-order valence-corrected chi connectivity index (χ3v) is 5.29. The number of hydrogen-bond donors (Lipinski definition) is 0. The molecule has 0 saturated heterocycles. The number of anilines is 1. The van der Waals surface area contributed by atoms with Crippen LogP contribution in [0.5, 0.6) is 11.5 Å². The molecular formula is C21H21ClN2O3S. The second kappa shape index (κ2) is 9.17. The van der Waals surface area contributed by atoms with Crippen LogP contribution >= 0.6 is 23.4 Å². The average molecular weight is 417 g/mol. The molecular weight excluding hydrogens is 396 g/mol. The SMILES string of the molecule is CCOc1ccc(/C=C2\SC(N(C)c3ccc(Cl)cc3)=NC2=O)cc1OCC. The minimum absolute atomic E-state index is 0.257. The molecule has 1 heterocycles.